The molecule has 1 atom stereocenters. The highest BCUT2D eigenvalue weighted by Gasteiger charge is 2.19. The van der Waals surface area contributed by atoms with Gasteiger partial charge in [-0.2, -0.15) is 4.74 Å². The van der Waals surface area contributed by atoms with Crippen LogP contribution in [0.3, 0.4) is 0 Å². The van der Waals surface area contributed by atoms with Gasteiger partial charge in [0.15, 0.2) is 0 Å². The summed E-state index contributed by atoms with van der Waals surface area (Å²) in [6.45, 7) is 3.39. The van der Waals surface area contributed by atoms with E-state index in [0.29, 0.717) is 6.42 Å². The summed E-state index contributed by atoms with van der Waals surface area (Å²) >= 11 is 0. The molecular weight excluding hydrogens is 92.1 g/mol. The Labute approximate surface area is 44.1 Å². The van der Waals surface area contributed by atoms with Gasteiger partial charge in [-0.25, -0.2) is 0 Å². The zero-order chi connectivity index (χ0) is 5.91. The highest BCUT2D eigenvalue weighted by molar-refractivity contribution is 4.53. The second-order valence-electron chi connectivity index (χ2n) is 1.67. The monoisotopic (exact) mass is 103 g/mol. The minimum atomic E-state index is -1.03. The molecule has 0 aliphatic carbocycles. The predicted octanol–water partition coefficient (Wildman–Crippen LogP) is 0.913. The number of rotatable bonds is 2. The van der Waals surface area contributed by atoms with E-state index < -0.39 is 5.79 Å². The molecule has 0 radical (unpaired) electrons. The van der Waals surface area contributed by atoms with Crippen molar-refractivity contribution in [1.29, 1.82) is 0 Å². The van der Waals surface area contributed by atoms with Gasteiger partial charge in [0.05, 0.1) is 0 Å². The summed E-state index contributed by atoms with van der Waals surface area (Å²) in [5.74, 6) is -1.03. The van der Waals surface area contributed by atoms with Crippen LogP contribution < -0.4 is 0 Å². The topological polar surface area (TPSA) is 29.5 Å². The third-order valence-electron chi connectivity index (χ3n) is 0.967. The van der Waals surface area contributed by atoms with Crippen LogP contribution in [0.25, 0.3) is 0 Å². The zero-order valence-electron chi connectivity index (χ0n) is 4.77. The largest absolute Gasteiger partial charge is 0.362 e. The van der Waals surface area contributed by atoms with E-state index in [-0.39, 0.29) is 0 Å². The summed E-state index contributed by atoms with van der Waals surface area (Å²) in [5.41, 5.74) is 0. The first kappa shape index (κ1) is 6.79. The van der Waals surface area contributed by atoms with E-state index in [4.69, 9.17) is 5.11 Å². The molecule has 42 valence electrons. The number of aliphatic hydroxyl groups is 1. The molecule has 1 N–H and O–H groups in total. The van der Waals surface area contributed by atoms with E-state index in [9.17, 15) is 0 Å². The molecule has 0 rings (SSSR count). The standard InChI is InChI=1S/C5H11O2/c1-4-5(2,6)7-3/h6H,3-4H2,1-2H3/q+1. The first-order valence-corrected chi connectivity index (χ1v) is 2.28. The van der Waals surface area contributed by atoms with Crippen LogP contribution in [-0.4, -0.2) is 10.9 Å². The lowest BCUT2D eigenvalue weighted by atomic mass is 10.2. The maximum atomic E-state index is 8.85. The molecule has 1 unspecified atom stereocenters. The summed E-state index contributed by atoms with van der Waals surface area (Å²) in [7, 11) is 3.08. The molecule has 0 fully saturated rings. The fraction of sp³-hybridized carbons (Fsp3) is 0.800. The summed E-state index contributed by atoms with van der Waals surface area (Å²) < 4.78 is 4.39. The lowest BCUT2D eigenvalue weighted by Gasteiger charge is -2.11. The minimum absolute atomic E-state index is 0.566. The van der Waals surface area contributed by atoms with Crippen LogP contribution >= 0.6 is 0 Å². The van der Waals surface area contributed by atoms with E-state index in [1.54, 1.807) is 6.92 Å². The number of hydrogen-bond acceptors (Lipinski definition) is 2. The van der Waals surface area contributed by atoms with Crippen molar-refractivity contribution < 1.29 is 9.84 Å². The summed E-state index contributed by atoms with van der Waals surface area (Å²) in [4.78, 5) is 0. The Balaban J connectivity index is 3.36. The van der Waals surface area contributed by atoms with Crippen molar-refractivity contribution in [3.8, 4) is 0 Å². The highest BCUT2D eigenvalue weighted by Crippen LogP contribution is 2.07. The Morgan fingerprint density at radius 2 is 2.29 bits per heavy atom. The Bertz CT molecular complexity index is 44.0. The van der Waals surface area contributed by atoms with E-state index >= 15 is 0 Å². The molecule has 0 saturated heterocycles. The van der Waals surface area contributed by atoms with Crippen molar-refractivity contribution in [1.82, 2.24) is 0 Å². The molecule has 0 amide bonds. The maximum absolute atomic E-state index is 8.85. The molecule has 2 heteroatoms. The molecule has 0 saturated carbocycles. The quantitative estimate of drug-likeness (QED) is 0.416. The Hall–Kier alpha value is -0.210. The van der Waals surface area contributed by atoms with Crippen LogP contribution in [0.5, 0.6) is 0 Å². The van der Waals surface area contributed by atoms with Crippen molar-refractivity contribution >= 4 is 0 Å². The molecular formula is C5H11O2+. The van der Waals surface area contributed by atoms with Gasteiger partial charge >= 0.3 is 0 Å². The van der Waals surface area contributed by atoms with Crippen LogP contribution in [0.4, 0.5) is 0 Å². The minimum Gasteiger partial charge on any atom is -0.362 e. The van der Waals surface area contributed by atoms with Gasteiger partial charge in [-0.3, -0.25) is 0 Å². The third-order valence-corrected chi connectivity index (χ3v) is 0.967. The second kappa shape index (κ2) is 2.19. The van der Waals surface area contributed by atoms with Crippen LogP contribution in [-0.2, 0) is 4.74 Å². The van der Waals surface area contributed by atoms with Gasteiger partial charge in [-0.15, -0.1) is 0 Å². The zero-order valence-corrected chi connectivity index (χ0v) is 4.77. The average molecular weight is 103 g/mol. The Morgan fingerprint density at radius 3 is 2.29 bits per heavy atom. The molecule has 7 heavy (non-hydrogen) atoms. The van der Waals surface area contributed by atoms with Gasteiger partial charge < -0.3 is 5.11 Å². The normalized spacial score (nSPS) is 18.7. The smallest absolute Gasteiger partial charge is 0.217 e. The van der Waals surface area contributed by atoms with Crippen LogP contribution in [0.15, 0.2) is 0 Å². The molecule has 0 aromatic carbocycles. The Morgan fingerprint density at radius 1 is 1.86 bits per heavy atom. The van der Waals surface area contributed by atoms with Crippen LogP contribution in [0, 0.1) is 7.11 Å². The highest BCUT2D eigenvalue weighted by atomic mass is 16.6. The van der Waals surface area contributed by atoms with Gasteiger partial charge in [-0.05, 0) is 6.92 Å². The van der Waals surface area contributed by atoms with Gasteiger partial charge in [0.2, 0.25) is 12.9 Å². The molecule has 0 heterocycles. The van der Waals surface area contributed by atoms with Gasteiger partial charge in [0.25, 0.3) is 0 Å². The fourth-order valence-electron chi connectivity index (χ4n) is 0.102. The van der Waals surface area contributed by atoms with Crippen molar-refractivity contribution in [2.24, 2.45) is 0 Å². The van der Waals surface area contributed by atoms with Crippen molar-refractivity contribution in [3.63, 3.8) is 0 Å². The first-order valence-electron chi connectivity index (χ1n) is 2.28. The molecule has 0 bridgehead atoms. The van der Waals surface area contributed by atoms with Crippen molar-refractivity contribution in [3.05, 3.63) is 7.11 Å². The average Bonchev–Trinajstić information content (AvgIpc) is 1.68. The molecule has 2 nitrogen and oxygen atoms in total. The van der Waals surface area contributed by atoms with Crippen LogP contribution in [0.1, 0.15) is 20.3 Å². The summed E-state index contributed by atoms with van der Waals surface area (Å²) in [6, 6.07) is 0. The number of hydrogen-bond donors (Lipinski definition) is 1. The first-order chi connectivity index (χ1) is 3.12. The van der Waals surface area contributed by atoms with E-state index in [1.807, 2.05) is 6.92 Å². The fourth-order valence-corrected chi connectivity index (χ4v) is 0.102. The lowest BCUT2D eigenvalue weighted by Crippen LogP contribution is -2.23. The SMILES string of the molecule is [CH2+]OC(C)(O)CC. The molecule has 0 spiro atoms. The second-order valence-corrected chi connectivity index (χ2v) is 1.67. The van der Waals surface area contributed by atoms with Crippen molar-refractivity contribution in [2.75, 3.05) is 0 Å². The third kappa shape index (κ3) is 2.48. The summed E-state index contributed by atoms with van der Waals surface area (Å²) in [5, 5.41) is 8.85. The molecule has 0 aromatic rings. The van der Waals surface area contributed by atoms with E-state index in [0.717, 1.165) is 0 Å². The number of ether oxygens (including phenoxy) is 1. The van der Waals surface area contributed by atoms with Gasteiger partial charge in [0.1, 0.15) is 0 Å². The maximum Gasteiger partial charge on any atom is 0.217 e. The van der Waals surface area contributed by atoms with Gasteiger partial charge in [0, 0.05) is 6.42 Å². The van der Waals surface area contributed by atoms with Crippen LogP contribution in [0.2, 0.25) is 0 Å². The predicted molar refractivity (Wildman–Crippen MR) is 27.4 cm³/mol. The lowest BCUT2D eigenvalue weighted by molar-refractivity contribution is -0.156. The molecule has 0 aromatic heterocycles. The van der Waals surface area contributed by atoms with Crippen molar-refractivity contribution in [2.45, 2.75) is 26.1 Å². The van der Waals surface area contributed by atoms with E-state index in [1.165, 1.54) is 0 Å². The molecule has 0 aliphatic heterocycles. The van der Waals surface area contributed by atoms with E-state index in [2.05, 4.69) is 11.8 Å². The molecule has 0 aliphatic rings. The Kier molecular flexibility index (Phi) is 2.12. The van der Waals surface area contributed by atoms with Gasteiger partial charge in [-0.1, -0.05) is 6.92 Å². The summed E-state index contributed by atoms with van der Waals surface area (Å²) in [6.07, 6.45) is 0.566.